The summed E-state index contributed by atoms with van der Waals surface area (Å²) >= 11 is 0. The van der Waals surface area contributed by atoms with Gasteiger partial charge >= 0.3 is 12.2 Å². The van der Waals surface area contributed by atoms with Gasteiger partial charge in [-0.25, -0.2) is 9.59 Å². The van der Waals surface area contributed by atoms with Crippen molar-refractivity contribution in [1.29, 1.82) is 0 Å². The molecule has 3 N–H and O–H groups in total. The second kappa shape index (κ2) is 8.91. The molecule has 8 heteroatoms. The Morgan fingerprint density at radius 3 is 2.44 bits per heavy atom. The standard InChI is InChI=1S/C17H25N3O5/c1-17(2,3)25-16(24)20(4)10-9-12-7-5-6-8-13(12)19-14(21)11-18-15(22)23/h5-8,18H,9-11H2,1-4H3,(H,19,21)(H,22,23). The van der Waals surface area contributed by atoms with E-state index in [4.69, 9.17) is 9.84 Å². The average molecular weight is 351 g/mol. The lowest BCUT2D eigenvalue weighted by Gasteiger charge is -2.24. The van der Waals surface area contributed by atoms with Gasteiger partial charge in [0.1, 0.15) is 12.1 Å². The van der Waals surface area contributed by atoms with Crippen molar-refractivity contribution in [3.8, 4) is 0 Å². The first-order valence-corrected chi connectivity index (χ1v) is 7.87. The summed E-state index contributed by atoms with van der Waals surface area (Å²) in [5.74, 6) is -0.463. The first-order chi connectivity index (χ1) is 11.6. The summed E-state index contributed by atoms with van der Waals surface area (Å²) in [6.07, 6.45) is -1.17. The van der Waals surface area contributed by atoms with E-state index in [9.17, 15) is 14.4 Å². The van der Waals surface area contributed by atoms with Gasteiger partial charge in [-0.05, 0) is 38.8 Å². The van der Waals surface area contributed by atoms with Gasteiger partial charge in [-0.2, -0.15) is 0 Å². The number of anilines is 1. The molecular weight excluding hydrogens is 326 g/mol. The number of rotatable bonds is 6. The zero-order chi connectivity index (χ0) is 19.0. The molecule has 0 aliphatic carbocycles. The maximum absolute atomic E-state index is 12.0. The predicted molar refractivity (Wildman–Crippen MR) is 93.7 cm³/mol. The molecule has 0 saturated heterocycles. The normalized spacial score (nSPS) is 10.7. The number of carbonyl (C=O) groups excluding carboxylic acids is 2. The van der Waals surface area contributed by atoms with E-state index in [1.165, 1.54) is 4.90 Å². The molecule has 1 aromatic carbocycles. The maximum atomic E-state index is 12.0. The van der Waals surface area contributed by atoms with Crippen molar-refractivity contribution < 1.29 is 24.2 Å². The van der Waals surface area contributed by atoms with Crippen LogP contribution in [0, 0.1) is 0 Å². The van der Waals surface area contributed by atoms with Crippen molar-refractivity contribution in [3.05, 3.63) is 29.8 Å². The Balaban J connectivity index is 2.63. The van der Waals surface area contributed by atoms with Crippen LogP contribution in [0.3, 0.4) is 0 Å². The van der Waals surface area contributed by atoms with E-state index in [-0.39, 0.29) is 6.54 Å². The van der Waals surface area contributed by atoms with Crippen LogP contribution in [0.25, 0.3) is 0 Å². The molecule has 1 aromatic rings. The van der Waals surface area contributed by atoms with E-state index in [0.29, 0.717) is 18.7 Å². The number of ether oxygens (including phenoxy) is 1. The maximum Gasteiger partial charge on any atom is 0.410 e. The predicted octanol–water partition coefficient (Wildman–Crippen LogP) is 2.30. The summed E-state index contributed by atoms with van der Waals surface area (Å²) < 4.78 is 5.29. The van der Waals surface area contributed by atoms with Gasteiger partial charge in [0.2, 0.25) is 5.91 Å². The lowest BCUT2D eigenvalue weighted by Crippen LogP contribution is -2.35. The van der Waals surface area contributed by atoms with Crippen LogP contribution in [0.5, 0.6) is 0 Å². The second-order valence-corrected chi connectivity index (χ2v) is 6.52. The minimum Gasteiger partial charge on any atom is -0.465 e. The Hall–Kier alpha value is -2.77. The molecule has 8 nitrogen and oxygen atoms in total. The molecule has 0 radical (unpaired) electrons. The smallest absolute Gasteiger partial charge is 0.410 e. The quantitative estimate of drug-likeness (QED) is 0.729. The zero-order valence-corrected chi connectivity index (χ0v) is 15.0. The third-order valence-corrected chi connectivity index (χ3v) is 3.11. The largest absolute Gasteiger partial charge is 0.465 e. The average Bonchev–Trinajstić information content (AvgIpc) is 2.50. The molecule has 0 aliphatic heterocycles. The highest BCUT2D eigenvalue weighted by Crippen LogP contribution is 2.16. The Morgan fingerprint density at radius 1 is 1.20 bits per heavy atom. The molecule has 0 spiro atoms. The number of carboxylic acid groups (broad SMARTS) is 1. The summed E-state index contributed by atoms with van der Waals surface area (Å²) in [7, 11) is 1.64. The van der Waals surface area contributed by atoms with Gasteiger partial charge in [0.15, 0.2) is 0 Å². The SMILES string of the molecule is CN(CCc1ccccc1NC(=O)CNC(=O)O)C(=O)OC(C)(C)C. The van der Waals surface area contributed by atoms with Crippen LogP contribution < -0.4 is 10.6 Å². The van der Waals surface area contributed by atoms with Gasteiger partial charge in [0.05, 0.1) is 0 Å². The van der Waals surface area contributed by atoms with Crippen LogP contribution in [0.1, 0.15) is 26.3 Å². The number of hydrogen-bond acceptors (Lipinski definition) is 4. The number of likely N-dealkylation sites (N-methyl/N-ethyl adjacent to an activating group) is 1. The minimum atomic E-state index is -1.26. The number of nitrogens with zero attached hydrogens (tertiary/aromatic N) is 1. The molecule has 0 atom stereocenters. The summed E-state index contributed by atoms with van der Waals surface area (Å²) in [6, 6.07) is 7.15. The second-order valence-electron chi connectivity index (χ2n) is 6.52. The number of benzene rings is 1. The topological polar surface area (TPSA) is 108 Å². The van der Waals surface area contributed by atoms with Gasteiger partial charge in [0, 0.05) is 19.3 Å². The van der Waals surface area contributed by atoms with Gasteiger partial charge in [0.25, 0.3) is 0 Å². The van der Waals surface area contributed by atoms with Crippen LogP contribution >= 0.6 is 0 Å². The fourth-order valence-corrected chi connectivity index (χ4v) is 1.93. The molecule has 3 amide bonds. The molecule has 0 unspecified atom stereocenters. The van der Waals surface area contributed by atoms with Crippen molar-refractivity contribution in [2.75, 3.05) is 25.5 Å². The van der Waals surface area contributed by atoms with E-state index in [1.807, 2.05) is 17.4 Å². The number of nitrogens with one attached hydrogen (secondary N) is 2. The third kappa shape index (κ3) is 8.05. The highest BCUT2D eigenvalue weighted by molar-refractivity contribution is 5.94. The van der Waals surface area contributed by atoms with E-state index in [2.05, 4.69) is 5.32 Å². The number of para-hydroxylation sites is 1. The van der Waals surface area contributed by atoms with E-state index in [1.54, 1.807) is 40.0 Å². The number of carbonyl (C=O) groups is 3. The summed E-state index contributed by atoms with van der Waals surface area (Å²) in [5.41, 5.74) is 0.854. The van der Waals surface area contributed by atoms with Crippen molar-refractivity contribution >= 4 is 23.8 Å². The fraction of sp³-hybridized carbons (Fsp3) is 0.471. The Bertz CT molecular complexity index is 625. The van der Waals surface area contributed by atoms with Gasteiger partial charge < -0.3 is 25.4 Å². The Labute approximate surface area is 147 Å². The minimum absolute atomic E-state index is 0.332. The van der Waals surface area contributed by atoms with E-state index in [0.717, 1.165) is 5.56 Å². The monoisotopic (exact) mass is 351 g/mol. The van der Waals surface area contributed by atoms with E-state index < -0.39 is 23.7 Å². The van der Waals surface area contributed by atoms with Gasteiger partial charge in [-0.3, -0.25) is 4.79 Å². The molecule has 25 heavy (non-hydrogen) atoms. The fourth-order valence-electron chi connectivity index (χ4n) is 1.93. The van der Waals surface area contributed by atoms with Gasteiger partial charge in [-0.15, -0.1) is 0 Å². The Morgan fingerprint density at radius 2 is 1.84 bits per heavy atom. The van der Waals surface area contributed by atoms with E-state index >= 15 is 0 Å². The van der Waals surface area contributed by atoms with Crippen LogP contribution in [-0.4, -0.2) is 53.8 Å². The van der Waals surface area contributed by atoms with Crippen LogP contribution in [-0.2, 0) is 16.0 Å². The van der Waals surface area contributed by atoms with Crippen molar-refractivity contribution in [1.82, 2.24) is 10.2 Å². The molecule has 138 valence electrons. The molecule has 0 bridgehead atoms. The van der Waals surface area contributed by atoms with Crippen molar-refractivity contribution in [2.45, 2.75) is 32.8 Å². The molecule has 0 aliphatic rings. The summed E-state index contributed by atoms with van der Waals surface area (Å²) in [4.78, 5) is 35.6. The third-order valence-electron chi connectivity index (χ3n) is 3.11. The molecule has 0 saturated carbocycles. The first kappa shape index (κ1) is 20.3. The molecular formula is C17H25N3O5. The molecule has 0 aromatic heterocycles. The van der Waals surface area contributed by atoms with Crippen molar-refractivity contribution in [3.63, 3.8) is 0 Å². The van der Waals surface area contributed by atoms with Crippen molar-refractivity contribution in [2.24, 2.45) is 0 Å². The van der Waals surface area contributed by atoms with Crippen LogP contribution in [0.4, 0.5) is 15.3 Å². The lowest BCUT2D eigenvalue weighted by atomic mass is 10.1. The summed E-state index contributed by atoms with van der Waals surface area (Å²) in [5, 5.41) is 13.2. The lowest BCUT2D eigenvalue weighted by molar-refractivity contribution is -0.115. The highest BCUT2D eigenvalue weighted by atomic mass is 16.6. The van der Waals surface area contributed by atoms with Crippen LogP contribution in [0.2, 0.25) is 0 Å². The molecule has 0 heterocycles. The van der Waals surface area contributed by atoms with Crippen LogP contribution in [0.15, 0.2) is 24.3 Å². The summed E-state index contributed by atoms with van der Waals surface area (Å²) in [6.45, 7) is 5.48. The first-order valence-electron chi connectivity index (χ1n) is 7.87. The molecule has 1 rings (SSSR count). The van der Waals surface area contributed by atoms with Gasteiger partial charge in [-0.1, -0.05) is 18.2 Å². The number of amides is 3. The number of hydrogen-bond donors (Lipinski definition) is 3. The Kier molecular flexibility index (Phi) is 7.22. The zero-order valence-electron chi connectivity index (χ0n) is 15.0. The molecule has 0 fully saturated rings. The highest BCUT2D eigenvalue weighted by Gasteiger charge is 2.19.